The van der Waals surface area contributed by atoms with E-state index in [1.165, 1.54) is 53.8 Å². The van der Waals surface area contributed by atoms with E-state index in [2.05, 4.69) is 47.8 Å². The van der Waals surface area contributed by atoms with Gasteiger partial charge in [-0.3, -0.25) is 0 Å². The lowest BCUT2D eigenvalue weighted by atomic mass is 9.90. The van der Waals surface area contributed by atoms with Gasteiger partial charge in [-0.15, -0.1) is 0 Å². The zero-order chi connectivity index (χ0) is 21.0. The first-order chi connectivity index (χ1) is 14.5. The Hall–Kier alpha value is -2.17. The number of nitrogens with one attached hydrogen (secondary N) is 1. The van der Waals surface area contributed by atoms with Crippen LogP contribution in [0.3, 0.4) is 0 Å². The molecule has 0 aromatic heterocycles. The van der Waals surface area contributed by atoms with Crippen molar-refractivity contribution in [1.29, 1.82) is 0 Å². The molecule has 1 N–H and O–H groups in total. The number of sulfone groups is 1. The number of benzene rings is 3. The van der Waals surface area contributed by atoms with Gasteiger partial charge in [0.1, 0.15) is 0 Å². The summed E-state index contributed by atoms with van der Waals surface area (Å²) < 4.78 is 23.5. The van der Waals surface area contributed by atoms with Gasteiger partial charge in [0.2, 0.25) is 0 Å². The van der Waals surface area contributed by atoms with Gasteiger partial charge in [0.05, 0.1) is 4.90 Å². The molecule has 1 saturated carbocycles. The number of hydrogen-bond donors (Lipinski definition) is 1. The third-order valence-electron chi connectivity index (χ3n) is 6.41. The van der Waals surface area contributed by atoms with Crippen LogP contribution in [0.4, 0.5) is 0 Å². The molecule has 0 aliphatic heterocycles. The summed E-state index contributed by atoms with van der Waals surface area (Å²) in [7, 11) is -3.13. The largest absolute Gasteiger partial charge is 0.314 e. The lowest BCUT2D eigenvalue weighted by Crippen LogP contribution is -2.31. The van der Waals surface area contributed by atoms with Crippen LogP contribution in [0.2, 0.25) is 0 Å². The average molecular weight is 422 g/mol. The van der Waals surface area contributed by atoms with Gasteiger partial charge in [0.15, 0.2) is 9.84 Å². The summed E-state index contributed by atoms with van der Waals surface area (Å²) in [5, 5.41) is 6.47. The van der Waals surface area contributed by atoms with Crippen LogP contribution in [-0.4, -0.2) is 27.3 Å². The van der Waals surface area contributed by atoms with Gasteiger partial charge in [-0.1, -0.05) is 67.4 Å². The topological polar surface area (TPSA) is 46.2 Å². The first kappa shape index (κ1) is 21.1. The molecular formula is C26H31NO2S. The minimum Gasteiger partial charge on any atom is -0.314 e. The highest BCUT2D eigenvalue weighted by Crippen LogP contribution is 2.32. The Morgan fingerprint density at radius 1 is 0.900 bits per heavy atom. The van der Waals surface area contributed by atoms with E-state index in [-0.39, 0.29) is 0 Å². The van der Waals surface area contributed by atoms with Gasteiger partial charge in [-0.2, -0.15) is 0 Å². The van der Waals surface area contributed by atoms with Crippen LogP contribution < -0.4 is 5.32 Å². The second-order valence-corrected chi connectivity index (χ2v) is 10.6. The fraction of sp³-hybridized carbons (Fsp3) is 0.385. The fourth-order valence-corrected chi connectivity index (χ4v) is 5.39. The molecule has 3 aromatic carbocycles. The Kier molecular flexibility index (Phi) is 6.55. The van der Waals surface area contributed by atoms with E-state index in [1.807, 2.05) is 12.1 Å². The molecule has 4 rings (SSSR count). The van der Waals surface area contributed by atoms with Crippen LogP contribution in [0.25, 0.3) is 10.8 Å². The van der Waals surface area contributed by atoms with Crippen molar-refractivity contribution in [3.8, 4) is 0 Å². The van der Waals surface area contributed by atoms with E-state index in [0.29, 0.717) is 16.9 Å². The van der Waals surface area contributed by atoms with Crippen molar-refractivity contribution in [3.05, 3.63) is 77.9 Å². The van der Waals surface area contributed by atoms with E-state index >= 15 is 0 Å². The van der Waals surface area contributed by atoms with E-state index in [0.717, 1.165) is 19.4 Å². The maximum atomic E-state index is 11.7. The predicted molar refractivity (Wildman–Crippen MR) is 125 cm³/mol. The second kappa shape index (κ2) is 9.32. The Balaban J connectivity index is 1.38. The van der Waals surface area contributed by atoms with Crippen molar-refractivity contribution in [2.24, 2.45) is 0 Å². The molecule has 0 spiro atoms. The molecule has 0 radical (unpaired) electrons. The molecule has 2 atom stereocenters. The van der Waals surface area contributed by atoms with Gasteiger partial charge in [0, 0.05) is 12.3 Å². The van der Waals surface area contributed by atoms with Gasteiger partial charge < -0.3 is 5.32 Å². The molecule has 30 heavy (non-hydrogen) atoms. The maximum Gasteiger partial charge on any atom is 0.175 e. The summed E-state index contributed by atoms with van der Waals surface area (Å²) in [5.74, 6) is 0.496. The molecule has 1 fully saturated rings. The highest BCUT2D eigenvalue weighted by atomic mass is 32.2. The molecular weight excluding hydrogens is 390 g/mol. The molecule has 0 saturated heterocycles. The van der Waals surface area contributed by atoms with Crippen molar-refractivity contribution in [3.63, 3.8) is 0 Å². The Morgan fingerprint density at radius 2 is 1.63 bits per heavy atom. The summed E-state index contributed by atoms with van der Waals surface area (Å²) in [6.07, 6.45) is 8.31. The third kappa shape index (κ3) is 5.11. The summed E-state index contributed by atoms with van der Waals surface area (Å²) in [6.45, 7) is 0.985. The molecule has 1 aliphatic carbocycles. The summed E-state index contributed by atoms with van der Waals surface area (Å²) >= 11 is 0. The quantitative estimate of drug-likeness (QED) is 0.535. The lowest BCUT2D eigenvalue weighted by Gasteiger charge is -2.22. The van der Waals surface area contributed by atoms with Crippen LogP contribution in [0.1, 0.15) is 49.1 Å². The van der Waals surface area contributed by atoms with E-state index in [1.54, 1.807) is 12.1 Å². The summed E-state index contributed by atoms with van der Waals surface area (Å²) in [5.41, 5.74) is 2.67. The molecule has 3 nitrogen and oxygen atoms in total. The lowest BCUT2D eigenvalue weighted by molar-refractivity contribution is 0.442. The van der Waals surface area contributed by atoms with Gasteiger partial charge in [-0.05, 0) is 72.2 Å². The van der Waals surface area contributed by atoms with Crippen molar-refractivity contribution in [2.45, 2.75) is 55.4 Å². The maximum absolute atomic E-state index is 11.7. The van der Waals surface area contributed by atoms with E-state index in [4.69, 9.17) is 0 Å². The van der Waals surface area contributed by atoms with E-state index < -0.39 is 9.84 Å². The molecule has 0 bridgehead atoms. The number of rotatable bonds is 6. The molecule has 0 amide bonds. The van der Waals surface area contributed by atoms with Crippen LogP contribution in [0.15, 0.2) is 71.6 Å². The van der Waals surface area contributed by atoms with Crippen molar-refractivity contribution in [2.75, 3.05) is 12.8 Å². The van der Waals surface area contributed by atoms with Crippen LogP contribution >= 0.6 is 0 Å². The minimum atomic E-state index is -3.13. The Bertz CT molecular complexity index is 1080. The summed E-state index contributed by atoms with van der Waals surface area (Å²) in [6, 6.07) is 23.2. The Morgan fingerprint density at radius 3 is 2.43 bits per heavy atom. The van der Waals surface area contributed by atoms with Gasteiger partial charge in [0.25, 0.3) is 0 Å². The standard InChI is InChI=1S/C26H31NO2S/c1-30(28,29)25-15-13-20(14-16-25)23-8-2-4-11-24(19-23)27-18-17-22-10-6-9-21-7-3-5-12-26(21)22/h3,5-7,9-10,12-16,23-24,27H,2,4,8,11,17-19H2,1H3. The highest BCUT2D eigenvalue weighted by molar-refractivity contribution is 7.90. The van der Waals surface area contributed by atoms with Crippen LogP contribution in [0.5, 0.6) is 0 Å². The van der Waals surface area contributed by atoms with Crippen molar-refractivity contribution in [1.82, 2.24) is 5.32 Å². The first-order valence-corrected chi connectivity index (χ1v) is 12.9. The zero-order valence-electron chi connectivity index (χ0n) is 17.7. The predicted octanol–water partition coefficient (Wildman–Crippen LogP) is 5.49. The highest BCUT2D eigenvalue weighted by Gasteiger charge is 2.21. The van der Waals surface area contributed by atoms with Crippen LogP contribution in [0, 0.1) is 0 Å². The zero-order valence-corrected chi connectivity index (χ0v) is 18.5. The average Bonchev–Trinajstić information content (AvgIpc) is 2.99. The minimum absolute atomic E-state index is 0.407. The van der Waals surface area contributed by atoms with Crippen LogP contribution in [-0.2, 0) is 16.3 Å². The molecule has 0 heterocycles. The molecule has 1 aliphatic rings. The molecule has 4 heteroatoms. The fourth-order valence-electron chi connectivity index (χ4n) is 4.76. The van der Waals surface area contributed by atoms with Gasteiger partial charge in [-0.25, -0.2) is 8.42 Å². The molecule has 2 unspecified atom stereocenters. The third-order valence-corrected chi connectivity index (χ3v) is 7.54. The Labute approximate surface area is 180 Å². The van der Waals surface area contributed by atoms with E-state index in [9.17, 15) is 8.42 Å². The number of hydrogen-bond acceptors (Lipinski definition) is 3. The van der Waals surface area contributed by atoms with Gasteiger partial charge >= 0.3 is 0 Å². The molecule has 3 aromatic rings. The number of fused-ring (bicyclic) bond motifs is 1. The first-order valence-electron chi connectivity index (χ1n) is 11.0. The monoisotopic (exact) mass is 421 g/mol. The van der Waals surface area contributed by atoms with Crippen molar-refractivity contribution >= 4 is 20.6 Å². The SMILES string of the molecule is CS(=O)(=O)c1ccc(C2CCCCC(NCCc3cccc4ccccc34)C2)cc1. The molecule has 158 valence electrons. The summed E-state index contributed by atoms with van der Waals surface area (Å²) in [4.78, 5) is 0.407. The van der Waals surface area contributed by atoms with Crippen molar-refractivity contribution < 1.29 is 8.42 Å². The second-order valence-electron chi connectivity index (χ2n) is 8.60. The normalized spacial score (nSPS) is 20.2. The smallest absolute Gasteiger partial charge is 0.175 e.